The number of aromatic hydroxyl groups is 1. The molecule has 80 valence electrons. The third-order valence-corrected chi connectivity index (χ3v) is 3.09. The van der Waals surface area contributed by atoms with Crippen LogP contribution in [0.4, 0.5) is 5.69 Å². The minimum absolute atomic E-state index is 0.0785. The number of azide groups is 1. The van der Waals surface area contributed by atoms with E-state index in [4.69, 9.17) is 5.53 Å². The summed E-state index contributed by atoms with van der Waals surface area (Å²) in [6, 6.07) is 3.44. The SMILES string of the molecule is CNS(=O)(=O)c1ccc(O)c(N=[N+]=[N-])c1. The molecule has 0 spiro atoms. The summed E-state index contributed by atoms with van der Waals surface area (Å²) in [6.07, 6.45) is 0. The molecule has 1 aromatic carbocycles. The van der Waals surface area contributed by atoms with E-state index in [9.17, 15) is 13.5 Å². The highest BCUT2D eigenvalue weighted by molar-refractivity contribution is 7.89. The van der Waals surface area contributed by atoms with E-state index < -0.39 is 10.0 Å². The highest BCUT2D eigenvalue weighted by atomic mass is 32.2. The Morgan fingerprint density at radius 3 is 2.73 bits per heavy atom. The van der Waals surface area contributed by atoms with Gasteiger partial charge in [-0.2, -0.15) is 0 Å². The number of nitrogens with zero attached hydrogens (tertiary/aromatic N) is 3. The van der Waals surface area contributed by atoms with Crippen LogP contribution >= 0.6 is 0 Å². The second-order valence-corrected chi connectivity index (χ2v) is 4.43. The van der Waals surface area contributed by atoms with Crippen molar-refractivity contribution >= 4 is 15.7 Å². The first-order valence-corrected chi connectivity index (χ1v) is 5.31. The Morgan fingerprint density at radius 1 is 1.53 bits per heavy atom. The quantitative estimate of drug-likeness (QED) is 0.460. The molecule has 1 rings (SSSR count). The van der Waals surface area contributed by atoms with E-state index >= 15 is 0 Å². The van der Waals surface area contributed by atoms with Crippen molar-refractivity contribution in [1.29, 1.82) is 0 Å². The molecule has 0 aromatic heterocycles. The summed E-state index contributed by atoms with van der Waals surface area (Å²) in [7, 11) is -2.34. The van der Waals surface area contributed by atoms with Crippen LogP contribution in [0.1, 0.15) is 0 Å². The zero-order chi connectivity index (χ0) is 11.5. The van der Waals surface area contributed by atoms with Crippen molar-refractivity contribution in [3.05, 3.63) is 28.6 Å². The topological polar surface area (TPSA) is 115 Å². The van der Waals surface area contributed by atoms with Gasteiger partial charge in [-0.3, -0.25) is 0 Å². The first kappa shape index (κ1) is 11.3. The second kappa shape index (κ2) is 4.18. The molecule has 2 N–H and O–H groups in total. The number of hydrogen-bond donors (Lipinski definition) is 2. The van der Waals surface area contributed by atoms with E-state index in [0.29, 0.717) is 0 Å². The Bertz CT molecular complexity index is 519. The predicted octanol–water partition coefficient (Wildman–Crippen LogP) is 1.24. The maximum atomic E-state index is 11.3. The molecule has 0 fully saturated rings. The first-order chi connectivity index (χ1) is 7.01. The van der Waals surface area contributed by atoms with Crippen molar-refractivity contribution in [2.75, 3.05) is 7.05 Å². The van der Waals surface area contributed by atoms with Crippen LogP contribution < -0.4 is 4.72 Å². The lowest BCUT2D eigenvalue weighted by Gasteiger charge is -2.03. The van der Waals surface area contributed by atoms with Crippen molar-refractivity contribution in [3.63, 3.8) is 0 Å². The van der Waals surface area contributed by atoms with E-state index in [-0.39, 0.29) is 16.3 Å². The zero-order valence-corrected chi connectivity index (χ0v) is 8.56. The number of rotatable bonds is 3. The van der Waals surface area contributed by atoms with Crippen LogP contribution in [0.15, 0.2) is 28.2 Å². The standard InChI is InChI=1S/C7H8N4O3S/c1-9-15(13,14)5-2-3-7(12)6(4-5)10-11-8/h2-4,9,12H,1H3. The van der Waals surface area contributed by atoms with E-state index in [0.717, 1.165) is 12.1 Å². The molecule has 0 aliphatic carbocycles. The molecule has 0 saturated carbocycles. The minimum Gasteiger partial charge on any atom is -0.507 e. The highest BCUT2D eigenvalue weighted by Gasteiger charge is 2.12. The first-order valence-electron chi connectivity index (χ1n) is 3.83. The molecule has 15 heavy (non-hydrogen) atoms. The molecule has 0 atom stereocenters. The molecule has 8 heteroatoms. The molecular formula is C7H8N4O3S. The summed E-state index contributed by atoms with van der Waals surface area (Å²) < 4.78 is 24.8. The molecule has 0 aliphatic rings. The molecule has 0 heterocycles. The highest BCUT2D eigenvalue weighted by Crippen LogP contribution is 2.28. The van der Waals surface area contributed by atoms with Gasteiger partial charge in [0.05, 0.1) is 10.6 Å². The number of nitrogens with one attached hydrogen (secondary N) is 1. The lowest BCUT2D eigenvalue weighted by molar-refractivity contribution is 0.476. The van der Waals surface area contributed by atoms with Crippen LogP contribution in [-0.2, 0) is 10.0 Å². The molecule has 7 nitrogen and oxygen atoms in total. The summed E-state index contributed by atoms with van der Waals surface area (Å²) in [6.45, 7) is 0. The van der Waals surface area contributed by atoms with E-state index in [1.807, 2.05) is 0 Å². The molecule has 0 bridgehead atoms. The number of sulfonamides is 1. The Balaban J connectivity index is 3.37. The summed E-state index contributed by atoms with van der Waals surface area (Å²) in [5.41, 5.74) is 8.05. The van der Waals surface area contributed by atoms with Crippen molar-refractivity contribution < 1.29 is 13.5 Å². The van der Waals surface area contributed by atoms with Gasteiger partial charge in [-0.25, -0.2) is 13.1 Å². The van der Waals surface area contributed by atoms with Gasteiger partial charge in [0.15, 0.2) is 0 Å². The molecular weight excluding hydrogens is 220 g/mol. The molecule has 0 amide bonds. The second-order valence-electron chi connectivity index (χ2n) is 2.55. The van der Waals surface area contributed by atoms with Crippen LogP contribution in [0.3, 0.4) is 0 Å². The van der Waals surface area contributed by atoms with Crippen LogP contribution in [0.25, 0.3) is 10.4 Å². The maximum Gasteiger partial charge on any atom is 0.240 e. The van der Waals surface area contributed by atoms with Gasteiger partial charge in [-0.1, -0.05) is 5.11 Å². The van der Waals surface area contributed by atoms with Gasteiger partial charge in [0, 0.05) is 4.91 Å². The number of phenols is 1. The lowest BCUT2D eigenvalue weighted by atomic mass is 10.3. The Labute approximate surface area is 86.0 Å². The van der Waals surface area contributed by atoms with E-state index in [1.54, 1.807) is 0 Å². The average Bonchev–Trinajstić information content (AvgIpc) is 2.21. The van der Waals surface area contributed by atoms with Gasteiger partial charge in [-0.15, -0.1) is 0 Å². The van der Waals surface area contributed by atoms with Gasteiger partial charge in [0.1, 0.15) is 5.75 Å². The van der Waals surface area contributed by atoms with Gasteiger partial charge in [0.25, 0.3) is 0 Å². The van der Waals surface area contributed by atoms with E-state index in [2.05, 4.69) is 14.7 Å². The Kier molecular flexibility index (Phi) is 3.15. The van der Waals surface area contributed by atoms with E-state index in [1.165, 1.54) is 13.1 Å². The largest absolute Gasteiger partial charge is 0.507 e. The fraction of sp³-hybridized carbons (Fsp3) is 0.143. The summed E-state index contributed by atoms with van der Waals surface area (Å²) in [4.78, 5) is 2.39. The summed E-state index contributed by atoms with van der Waals surface area (Å²) in [5, 5.41) is 12.4. The fourth-order valence-electron chi connectivity index (χ4n) is 0.917. The van der Waals surface area contributed by atoms with Crippen LogP contribution in [0.2, 0.25) is 0 Å². The van der Waals surface area contributed by atoms with Crippen LogP contribution in [-0.4, -0.2) is 20.6 Å². The fourth-order valence-corrected chi connectivity index (χ4v) is 1.67. The zero-order valence-electron chi connectivity index (χ0n) is 7.75. The number of benzene rings is 1. The summed E-state index contributed by atoms with van der Waals surface area (Å²) in [5.74, 6) is -0.275. The van der Waals surface area contributed by atoms with Crippen molar-refractivity contribution in [3.8, 4) is 5.75 Å². The minimum atomic E-state index is -3.60. The van der Waals surface area contributed by atoms with Crippen LogP contribution in [0, 0.1) is 0 Å². The molecule has 0 radical (unpaired) electrons. The van der Waals surface area contributed by atoms with Gasteiger partial charge >= 0.3 is 0 Å². The average molecular weight is 228 g/mol. The third kappa shape index (κ3) is 2.38. The van der Waals surface area contributed by atoms with Crippen molar-refractivity contribution in [2.24, 2.45) is 5.11 Å². The van der Waals surface area contributed by atoms with Crippen LogP contribution in [0.5, 0.6) is 5.75 Å². The van der Waals surface area contributed by atoms with Gasteiger partial charge in [-0.05, 0) is 30.8 Å². The molecule has 0 aliphatic heterocycles. The lowest BCUT2D eigenvalue weighted by Crippen LogP contribution is -2.18. The number of phenolic OH excluding ortho intramolecular Hbond substituents is 1. The molecule has 0 saturated heterocycles. The Morgan fingerprint density at radius 2 is 2.20 bits per heavy atom. The summed E-state index contributed by atoms with van der Waals surface area (Å²) >= 11 is 0. The van der Waals surface area contributed by atoms with Crippen molar-refractivity contribution in [2.45, 2.75) is 4.90 Å². The van der Waals surface area contributed by atoms with Gasteiger partial charge < -0.3 is 5.11 Å². The normalized spacial score (nSPS) is 10.7. The smallest absolute Gasteiger partial charge is 0.240 e. The molecule has 0 unspecified atom stereocenters. The van der Waals surface area contributed by atoms with Crippen molar-refractivity contribution in [1.82, 2.24) is 4.72 Å². The Hall–Kier alpha value is -1.76. The van der Waals surface area contributed by atoms with Gasteiger partial charge in [0.2, 0.25) is 10.0 Å². The predicted molar refractivity (Wildman–Crippen MR) is 53.2 cm³/mol. The molecule has 1 aromatic rings. The monoisotopic (exact) mass is 228 g/mol. The maximum absolute atomic E-state index is 11.3. The number of hydrogen-bond acceptors (Lipinski definition) is 4. The third-order valence-electron chi connectivity index (χ3n) is 1.68.